The second kappa shape index (κ2) is 11.3. The minimum Gasteiger partial charge on any atom is -0.0654 e. The number of benzene rings is 4. The van der Waals surface area contributed by atoms with Crippen LogP contribution in [0.2, 0.25) is 0 Å². The summed E-state index contributed by atoms with van der Waals surface area (Å²) in [5, 5.41) is 5.36. The minimum atomic E-state index is 1.20. The molecule has 32 heavy (non-hydrogen) atoms. The van der Waals surface area contributed by atoms with Crippen LogP contribution < -0.4 is 0 Å². The highest BCUT2D eigenvalue weighted by atomic mass is 14.1. The van der Waals surface area contributed by atoms with Crippen LogP contribution in [0.4, 0.5) is 0 Å². The molecule has 4 rings (SSSR count). The second-order valence-electron chi connectivity index (χ2n) is 9.54. The van der Waals surface area contributed by atoms with Crippen LogP contribution in [-0.4, -0.2) is 0 Å². The SMILES string of the molecule is CCCCCCCCCCCc1ccc2cc3cc(-c4ccc(C)cc4)ccc3cc2c1. The maximum absolute atomic E-state index is 2.41. The van der Waals surface area contributed by atoms with Crippen molar-refractivity contribution >= 4 is 21.5 Å². The fourth-order valence-electron chi connectivity index (χ4n) is 4.77. The molecule has 0 fully saturated rings. The average Bonchev–Trinajstić information content (AvgIpc) is 2.82. The van der Waals surface area contributed by atoms with Crippen LogP contribution in [0.25, 0.3) is 32.7 Å². The van der Waals surface area contributed by atoms with Gasteiger partial charge in [0.2, 0.25) is 0 Å². The lowest BCUT2D eigenvalue weighted by atomic mass is 9.96. The Balaban J connectivity index is 1.37. The standard InChI is InChI=1S/C32H38/c1-3-4-5-6-7-8-9-10-11-12-26-15-18-29-24-32-22-28(27-16-13-25(2)14-17-27)19-20-30(32)23-31(29)21-26/h13-24H,3-12H2,1-2H3. The third kappa shape index (κ3) is 6.00. The van der Waals surface area contributed by atoms with Gasteiger partial charge in [0.1, 0.15) is 0 Å². The normalized spacial score (nSPS) is 11.4. The number of hydrogen-bond donors (Lipinski definition) is 0. The van der Waals surface area contributed by atoms with Gasteiger partial charge < -0.3 is 0 Å². The molecule has 0 heterocycles. The lowest BCUT2D eigenvalue weighted by molar-refractivity contribution is 0.565. The Hall–Kier alpha value is -2.60. The summed E-state index contributed by atoms with van der Waals surface area (Å²) in [6.45, 7) is 4.43. The summed E-state index contributed by atoms with van der Waals surface area (Å²) >= 11 is 0. The average molecular weight is 423 g/mol. The van der Waals surface area contributed by atoms with Gasteiger partial charge in [-0.1, -0.05) is 118 Å². The Morgan fingerprint density at radius 3 is 1.72 bits per heavy atom. The maximum Gasteiger partial charge on any atom is -0.0171 e. The van der Waals surface area contributed by atoms with Crippen LogP contribution >= 0.6 is 0 Å². The summed E-state index contributed by atoms with van der Waals surface area (Å²) < 4.78 is 0. The zero-order valence-corrected chi connectivity index (χ0v) is 20.0. The summed E-state index contributed by atoms with van der Waals surface area (Å²) in [5.41, 5.74) is 5.36. The first-order chi connectivity index (χ1) is 15.7. The van der Waals surface area contributed by atoms with Gasteiger partial charge in [0.25, 0.3) is 0 Å². The van der Waals surface area contributed by atoms with Crippen molar-refractivity contribution in [1.29, 1.82) is 0 Å². The maximum atomic E-state index is 2.41. The molecule has 166 valence electrons. The summed E-state index contributed by atoms with van der Waals surface area (Å²) in [4.78, 5) is 0. The fourth-order valence-corrected chi connectivity index (χ4v) is 4.77. The lowest BCUT2D eigenvalue weighted by Gasteiger charge is -2.08. The van der Waals surface area contributed by atoms with Crippen LogP contribution in [0.3, 0.4) is 0 Å². The predicted molar refractivity (Wildman–Crippen MR) is 143 cm³/mol. The number of rotatable bonds is 11. The third-order valence-electron chi connectivity index (χ3n) is 6.81. The molecule has 0 aliphatic carbocycles. The van der Waals surface area contributed by atoms with Crippen molar-refractivity contribution < 1.29 is 0 Å². The van der Waals surface area contributed by atoms with Crippen LogP contribution in [0.15, 0.2) is 72.8 Å². The molecule has 0 atom stereocenters. The number of fused-ring (bicyclic) bond motifs is 2. The third-order valence-corrected chi connectivity index (χ3v) is 6.81. The molecule has 0 saturated heterocycles. The van der Waals surface area contributed by atoms with Crippen molar-refractivity contribution in [3.8, 4) is 11.1 Å². The topological polar surface area (TPSA) is 0 Å². The van der Waals surface area contributed by atoms with E-state index in [9.17, 15) is 0 Å². The molecule has 0 nitrogen and oxygen atoms in total. The molecule has 0 heteroatoms. The second-order valence-corrected chi connectivity index (χ2v) is 9.54. The van der Waals surface area contributed by atoms with Gasteiger partial charge in [0.05, 0.1) is 0 Å². The van der Waals surface area contributed by atoms with Crippen molar-refractivity contribution in [3.05, 3.63) is 83.9 Å². The molecular weight excluding hydrogens is 384 g/mol. The number of hydrogen-bond acceptors (Lipinski definition) is 0. The fraction of sp³-hybridized carbons (Fsp3) is 0.375. The van der Waals surface area contributed by atoms with Gasteiger partial charge in [-0.05, 0) is 76.2 Å². The molecule has 4 aromatic carbocycles. The highest BCUT2D eigenvalue weighted by Crippen LogP contribution is 2.29. The first kappa shape index (κ1) is 22.6. The van der Waals surface area contributed by atoms with Gasteiger partial charge in [0.15, 0.2) is 0 Å². The van der Waals surface area contributed by atoms with E-state index in [1.165, 1.54) is 108 Å². The molecule has 0 aliphatic heterocycles. The minimum absolute atomic E-state index is 1.20. The molecule has 0 spiro atoms. The Labute approximate surface area is 194 Å². The van der Waals surface area contributed by atoms with Crippen molar-refractivity contribution in [1.82, 2.24) is 0 Å². The first-order valence-corrected chi connectivity index (χ1v) is 12.8. The highest BCUT2D eigenvalue weighted by Gasteiger charge is 2.04. The van der Waals surface area contributed by atoms with E-state index in [4.69, 9.17) is 0 Å². The van der Waals surface area contributed by atoms with Gasteiger partial charge in [-0.15, -0.1) is 0 Å². The smallest absolute Gasteiger partial charge is 0.0171 e. The summed E-state index contributed by atoms with van der Waals surface area (Å²) in [5.74, 6) is 0. The van der Waals surface area contributed by atoms with Crippen molar-refractivity contribution in [3.63, 3.8) is 0 Å². The Bertz CT molecular complexity index is 1130. The largest absolute Gasteiger partial charge is 0.0654 e. The van der Waals surface area contributed by atoms with Gasteiger partial charge in [0, 0.05) is 0 Å². The molecular formula is C32H38. The first-order valence-electron chi connectivity index (χ1n) is 12.8. The molecule has 0 unspecified atom stereocenters. The molecule has 0 aromatic heterocycles. The van der Waals surface area contributed by atoms with Gasteiger partial charge >= 0.3 is 0 Å². The van der Waals surface area contributed by atoms with Crippen LogP contribution in [0.5, 0.6) is 0 Å². The van der Waals surface area contributed by atoms with Crippen LogP contribution in [0.1, 0.15) is 75.8 Å². The molecule has 0 bridgehead atoms. The molecule has 0 N–H and O–H groups in total. The van der Waals surface area contributed by atoms with E-state index in [-0.39, 0.29) is 0 Å². The van der Waals surface area contributed by atoms with E-state index in [1.54, 1.807) is 0 Å². The van der Waals surface area contributed by atoms with Gasteiger partial charge in [-0.25, -0.2) is 0 Å². The zero-order chi connectivity index (χ0) is 22.2. The number of aryl methyl sites for hydroxylation is 2. The Morgan fingerprint density at radius 2 is 1.03 bits per heavy atom. The summed E-state index contributed by atoms with van der Waals surface area (Å²) in [7, 11) is 0. The van der Waals surface area contributed by atoms with E-state index < -0.39 is 0 Å². The van der Waals surface area contributed by atoms with Gasteiger partial charge in [-0.3, -0.25) is 0 Å². The molecule has 4 aromatic rings. The van der Waals surface area contributed by atoms with Crippen LogP contribution in [0, 0.1) is 6.92 Å². The molecule has 0 radical (unpaired) electrons. The van der Waals surface area contributed by atoms with Crippen LogP contribution in [-0.2, 0) is 6.42 Å². The monoisotopic (exact) mass is 422 g/mol. The Morgan fingerprint density at radius 1 is 0.469 bits per heavy atom. The highest BCUT2D eigenvalue weighted by molar-refractivity contribution is 5.99. The van der Waals surface area contributed by atoms with E-state index in [2.05, 4.69) is 86.6 Å². The van der Waals surface area contributed by atoms with Gasteiger partial charge in [-0.2, -0.15) is 0 Å². The van der Waals surface area contributed by atoms with Crippen molar-refractivity contribution in [2.24, 2.45) is 0 Å². The summed E-state index contributed by atoms with van der Waals surface area (Å²) in [6, 6.07) is 27.5. The molecule has 0 aliphatic rings. The Kier molecular flexibility index (Phi) is 7.99. The van der Waals surface area contributed by atoms with Crippen molar-refractivity contribution in [2.45, 2.75) is 78.1 Å². The summed E-state index contributed by atoms with van der Waals surface area (Å²) in [6.07, 6.45) is 13.7. The van der Waals surface area contributed by atoms with E-state index in [0.717, 1.165) is 0 Å². The van der Waals surface area contributed by atoms with E-state index >= 15 is 0 Å². The quantitative estimate of drug-likeness (QED) is 0.167. The van der Waals surface area contributed by atoms with Crippen molar-refractivity contribution in [2.75, 3.05) is 0 Å². The van der Waals surface area contributed by atoms with E-state index in [0.29, 0.717) is 0 Å². The molecule has 0 amide bonds. The predicted octanol–water partition coefficient (Wildman–Crippen LogP) is 10.0. The number of unbranched alkanes of at least 4 members (excludes halogenated alkanes) is 8. The lowest BCUT2D eigenvalue weighted by Crippen LogP contribution is -1.88. The van der Waals surface area contributed by atoms with E-state index in [1.807, 2.05) is 0 Å². The molecule has 0 saturated carbocycles. The zero-order valence-electron chi connectivity index (χ0n) is 20.0.